The topological polar surface area (TPSA) is 46.1 Å². The molecule has 1 aromatic carbocycles. The first-order valence-corrected chi connectivity index (χ1v) is 7.66. The summed E-state index contributed by atoms with van der Waals surface area (Å²) in [7, 11) is 0. The molecule has 2 rings (SSSR count). The second-order valence-electron chi connectivity index (χ2n) is 4.80. The van der Waals surface area contributed by atoms with Crippen molar-refractivity contribution in [3.63, 3.8) is 0 Å². The Hall–Kier alpha value is -1.96. The summed E-state index contributed by atoms with van der Waals surface area (Å²) >= 11 is 3.30. The van der Waals surface area contributed by atoms with Crippen LogP contribution in [0.15, 0.2) is 41.0 Å². The van der Waals surface area contributed by atoms with E-state index >= 15 is 0 Å². The number of nitrogens with zero attached hydrogens (tertiary/aromatic N) is 1. The zero-order valence-corrected chi connectivity index (χ0v) is 13.8. The van der Waals surface area contributed by atoms with Gasteiger partial charge >= 0.3 is 6.18 Å². The zero-order chi connectivity index (χ0) is 17.0. The fourth-order valence-corrected chi connectivity index (χ4v) is 2.52. The molecular formula is C15H15BrF3N3O. The van der Waals surface area contributed by atoms with E-state index in [0.717, 1.165) is 4.47 Å². The van der Waals surface area contributed by atoms with Crippen molar-refractivity contribution in [3.05, 3.63) is 46.7 Å². The minimum atomic E-state index is -4.33. The number of anilines is 2. The van der Waals surface area contributed by atoms with Crippen LogP contribution in [0.4, 0.5) is 24.5 Å². The first kappa shape index (κ1) is 17.4. The molecule has 0 aliphatic rings. The Bertz CT molecular complexity index is 698. The Morgan fingerprint density at radius 3 is 2.52 bits per heavy atom. The van der Waals surface area contributed by atoms with Crippen LogP contribution in [0.5, 0.6) is 0 Å². The molecule has 0 radical (unpaired) electrons. The van der Waals surface area contributed by atoms with Crippen LogP contribution in [-0.4, -0.2) is 23.2 Å². The van der Waals surface area contributed by atoms with Crippen LogP contribution < -0.4 is 10.6 Å². The van der Waals surface area contributed by atoms with Gasteiger partial charge in [0.15, 0.2) is 0 Å². The molecule has 8 heteroatoms. The molecule has 1 aromatic heterocycles. The summed E-state index contributed by atoms with van der Waals surface area (Å²) in [6.45, 7) is 1.32. The van der Waals surface area contributed by atoms with Crippen LogP contribution in [0.25, 0.3) is 0 Å². The van der Waals surface area contributed by atoms with Gasteiger partial charge in [0.2, 0.25) is 0 Å². The molecule has 0 atom stereocenters. The molecular weight excluding hydrogens is 375 g/mol. The lowest BCUT2D eigenvalue weighted by Gasteiger charge is -2.14. The van der Waals surface area contributed by atoms with Gasteiger partial charge in [-0.1, -0.05) is 12.1 Å². The number of aryl methyl sites for hydroxylation is 1. The molecule has 0 saturated carbocycles. The first-order chi connectivity index (χ1) is 10.8. The number of hydrogen-bond donors (Lipinski definition) is 2. The van der Waals surface area contributed by atoms with E-state index in [9.17, 15) is 18.0 Å². The maximum atomic E-state index is 12.4. The van der Waals surface area contributed by atoms with Crippen LogP contribution in [0.1, 0.15) is 17.4 Å². The molecule has 0 spiro atoms. The molecule has 2 N–H and O–H groups in total. The predicted octanol–water partition coefficient (Wildman–Crippen LogP) is 4.50. The fourth-order valence-electron chi connectivity index (χ4n) is 2.05. The lowest BCUT2D eigenvalue weighted by molar-refractivity contribution is -0.115. The summed E-state index contributed by atoms with van der Waals surface area (Å²) in [5.41, 5.74) is 0.929. The van der Waals surface area contributed by atoms with E-state index in [0.29, 0.717) is 17.9 Å². The number of nitrogens with one attached hydrogen (secondary N) is 2. The van der Waals surface area contributed by atoms with Gasteiger partial charge in [-0.25, -0.2) is 0 Å². The van der Waals surface area contributed by atoms with Crippen LogP contribution in [-0.2, 0) is 6.54 Å². The van der Waals surface area contributed by atoms with Crippen LogP contribution in [0.2, 0.25) is 0 Å². The van der Waals surface area contributed by atoms with Crippen molar-refractivity contribution in [1.29, 1.82) is 0 Å². The van der Waals surface area contributed by atoms with Crippen molar-refractivity contribution in [1.82, 2.24) is 4.57 Å². The van der Waals surface area contributed by atoms with Crippen LogP contribution in [0, 0.1) is 0 Å². The molecule has 1 amide bonds. The summed E-state index contributed by atoms with van der Waals surface area (Å²) in [6, 6.07) is 7.93. The standard InChI is InChI=1S/C15H15BrF3N3O/c1-2-22-8-10(16)7-13(22)14(23)21-12-6-4-3-5-11(12)20-9-15(17,18)19/h3-8,20H,2,9H2,1H3,(H,21,23). The Morgan fingerprint density at radius 1 is 1.26 bits per heavy atom. The van der Waals surface area contributed by atoms with Gasteiger partial charge in [-0.2, -0.15) is 13.2 Å². The number of para-hydroxylation sites is 2. The Labute approximate surface area is 139 Å². The van der Waals surface area contributed by atoms with Gasteiger partial charge in [0, 0.05) is 17.2 Å². The number of amides is 1. The summed E-state index contributed by atoms with van der Waals surface area (Å²) in [5.74, 6) is -0.390. The quantitative estimate of drug-likeness (QED) is 0.790. The van der Waals surface area contributed by atoms with Gasteiger partial charge in [0.05, 0.1) is 11.4 Å². The van der Waals surface area contributed by atoms with E-state index in [1.165, 1.54) is 6.07 Å². The van der Waals surface area contributed by atoms with Crippen molar-refractivity contribution in [3.8, 4) is 0 Å². The highest BCUT2D eigenvalue weighted by Gasteiger charge is 2.27. The second-order valence-corrected chi connectivity index (χ2v) is 5.71. The van der Waals surface area contributed by atoms with E-state index < -0.39 is 12.7 Å². The van der Waals surface area contributed by atoms with Crippen molar-refractivity contribution in [2.45, 2.75) is 19.6 Å². The van der Waals surface area contributed by atoms with E-state index in [1.807, 2.05) is 6.92 Å². The van der Waals surface area contributed by atoms with Crippen molar-refractivity contribution < 1.29 is 18.0 Å². The lowest BCUT2D eigenvalue weighted by Crippen LogP contribution is -2.23. The molecule has 4 nitrogen and oxygen atoms in total. The van der Waals surface area contributed by atoms with Crippen molar-refractivity contribution >= 4 is 33.2 Å². The normalized spacial score (nSPS) is 11.3. The van der Waals surface area contributed by atoms with E-state index in [4.69, 9.17) is 0 Å². The average molecular weight is 390 g/mol. The zero-order valence-electron chi connectivity index (χ0n) is 12.2. The number of rotatable bonds is 5. The maximum Gasteiger partial charge on any atom is 0.405 e. The van der Waals surface area contributed by atoms with Gasteiger partial charge in [0.1, 0.15) is 12.2 Å². The number of carbonyl (C=O) groups excluding carboxylic acids is 1. The van der Waals surface area contributed by atoms with Crippen LogP contribution >= 0.6 is 15.9 Å². The van der Waals surface area contributed by atoms with E-state index in [-0.39, 0.29) is 11.6 Å². The third-order valence-corrected chi connectivity index (χ3v) is 3.52. The number of benzene rings is 1. The molecule has 0 saturated heterocycles. The molecule has 0 aliphatic heterocycles. The highest BCUT2D eigenvalue weighted by molar-refractivity contribution is 9.10. The monoisotopic (exact) mass is 389 g/mol. The largest absolute Gasteiger partial charge is 0.405 e. The number of halogens is 4. The number of alkyl halides is 3. The van der Waals surface area contributed by atoms with Crippen molar-refractivity contribution in [2.75, 3.05) is 17.2 Å². The molecule has 1 heterocycles. The molecule has 0 unspecified atom stereocenters. The minimum absolute atomic E-state index is 0.215. The number of hydrogen-bond acceptors (Lipinski definition) is 2. The smallest absolute Gasteiger partial charge is 0.375 e. The number of aromatic nitrogens is 1. The van der Waals surface area contributed by atoms with Gasteiger partial charge in [-0.05, 0) is 41.1 Å². The maximum absolute atomic E-state index is 12.4. The lowest BCUT2D eigenvalue weighted by atomic mass is 10.2. The first-order valence-electron chi connectivity index (χ1n) is 6.87. The van der Waals surface area contributed by atoms with E-state index in [1.54, 1.807) is 35.0 Å². The summed E-state index contributed by atoms with van der Waals surface area (Å²) in [5, 5.41) is 4.93. The second kappa shape index (κ2) is 7.08. The van der Waals surface area contributed by atoms with Crippen molar-refractivity contribution in [2.24, 2.45) is 0 Å². The predicted molar refractivity (Wildman–Crippen MR) is 86.7 cm³/mol. The Balaban J connectivity index is 2.18. The molecule has 0 aliphatic carbocycles. The average Bonchev–Trinajstić information content (AvgIpc) is 2.87. The summed E-state index contributed by atoms with van der Waals surface area (Å²) < 4.78 is 39.5. The third-order valence-electron chi connectivity index (χ3n) is 3.09. The van der Waals surface area contributed by atoms with Gasteiger partial charge in [0.25, 0.3) is 5.91 Å². The van der Waals surface area contributed by atoms with E-state index in [2.05, 4.69) is 26.6 Å². The molecule has 2 aromatic rings. The fraction of sp³-hybridized carbons (Fsp3) is 0.267. The molecule has 0 bridgehead atoms. The minimum Gasteiger partial charge on any atom is -0.375 e. The SMILES string of the molecule is CCn1cc(Br)cc1C(=O)Nc1ccccc1NCC(F)(F)F. The van der Waals surface area contributed by atoms with Crippen LogP contribution in [0.3, 0.4) is 0 Å². The summed E-state index contributed by atoms with van der Waals surface area (Å²) in [4.78, 5) is 12.4. The van der Waals surface area contributed by atoms with Gasteiger partial charge < -0.3 is 15.2 Å². The van der Waals surface area contributed by atoms with Gasteiger partial charge in [-0.3, -0.25) is 4.79 Å². The molecule has 124 valence electrons. The number of carbonyl (C=O) groups is 1. The molecule has 23 heavy (non-hydrogen) atoms. The summed E-state index contributed by atoms with van der Waals surface area (Å²) in [6.07, 6.45) is -2.57. The third kappa shape index (κ3) is 4.75. The highest BCUT2D eigenvalue weighted by Crippen LogP contribution is 2.25. The highest BCUT2D eigenvalue weighted by atomic mass is 79.9. The molecule has 0 fully saturated rings. The van der Waals surface area contributed by atoms with Gasteiger partial charge in [-0.15, -0.1) is 0 Å². The Kier molecular flexibility index (Phi) is 5.35. The Morgan fingerprint density at radius 2 is 1.91 bits per heavy atom.